The van der Waals surface area contributed by atoms with Gasteiger partial charge in [0.25, 0.3) is 0 Å². The fraction of sp³-hybridized carbons (Fsp3) is 0.368. The molecule has 0 bridgehead atoms. The van der Waals surface area contributed by atoms with E-state index in [0.717, 1.165) is 29.9 Å². The topological polar surface area (TPSA) is 81.9 Å². The summed E-state index contributed by atoms with van der Waals surface area (Å²) in [6, 6.07) is 10.8. The zero-order chi connectivity index (χ0) is 18.4. The molecule has 3 rings (SSSR count). The van der Waals surface area contributed by atoms with Crippen molar-refractivity contribution >= 4 is 29.2 Å². The molecule has 134 valence electrons. The van der Waals surface area contributed by atoms with Crippen LogP contribution in [0.4, 0.5) is 11.5 Å². The Morgan fingerprint density at radius 1 is 1.31 bits per heavy atom. The minimum absolute atomic E-state index is 0.105. The molecule has 6 nitrogen and oxygen atoms in total. The number of carbonyl (C=O) groups is 1. The van der Waals surface area contributed by atoms with Crippen LogP contribution < -0.4 is 10.2 Å². The highest BCUT2D eigenvalue weighted by Crippen LogP contribution is 2.24. The van der Waals surface area contributed by atoms with E-state index in [-0.39, 0.29) is 11.7 Å². The fourth-order valence-corrected chi connectivity index (χ4v) is 3.45. The summed E-state index contributed by atoms with van der Waals surface area (Å²) >= 11 is 1.39. The van der Waals surface area contributed by atoms with Gasteiger partial charge < -0.3 is 10.2 Å². The van der Waals surface area contributed by atoms with Crippen molar-refractivity contribution in [1.29, 1.82) is 5.26 Å². The SMILES string of the molecule is CC1CCN(c2cc(SCC(=O)Nc3ccc(C#N)cc3)ncn2)CC1. The first kappa shape index (κ1) is 18.2. The van der Waals surface area contributed by atoms with Crippen molar-refractivity contribution in [2.45, 2.75) is 24.8 Å². The molecular weight excluding hydrogens is 346 g/mol. The Labute approximate surface area is 157 Å². The Hall–Kier alpha value is -2.59. The molecule has 1 aromatic carbocycles. The molecule has 1 aromatic heterocycles. The number of aromatic nitrogens is 2. The lowest BCUT2D eigenvalue weighted by Gasteiger charge is -2.31. The molecule has 7 heteroatoms. The monoisotopic (exact) mass is 367 g/mol. The van der Waals surface area contributed by atoms with Crippen molar-refractivity contribution in [2.75, 3.05) is 29.1 Å². The maximum Gasteiger partial charge on any atom is 0.234 e. The zero-order valence-electron chi connectivity index (χ0n) is 14.7. The highest BCUT2D eigenvalue weighted by atomic mass is 32.2. The lowest BCUT2D eigenvalue weighted by molar-refractivity contribution is -0.113. The minimum Gasteiger partial charge on any atom is -0.356 e. The third kappa shape index (κ3) is 4.96. The number of nitrogens with zero attached hydrogens (tertiary/aromatic N) is 4. The molecule has 2 aromatic rings. The molecule has 0 unspecified atom stereocenters. The van der Waals surface area contributed by atoms with Crippen LogP contribution in [-0.2, 0) is 4.79 Å². The number of anilines is 2. The van der Waals surface area contributed by atoms with Gasteiger partial charge in [0.15, 0.2) is 0 Å². The van der Waals surface area contributed by atoms with Gasteiger partial charge in [-0.15, -0.1) is 0 Å². The Balaban J connectivity index is 1.53. The largest absolute Gasteiger partial charge is 0.356 e. The average molecular weight is 367 g/mol. The van der Waals surface area contributed by atoms with Crippen LogP contribution in [0.3, 0.4) is 0 Å². The van der Waals surface area contributed by atoms with Gasteiger partial charge in [-0.3, -0.25) is 4.79 Å². The lowest BCUT2D eigenvalue weighted by atomic mass is 9.99. The molecule has 0 spiro atoms. The predicted molar refractivity (Wildman–Crippen MR) is 103 cm³/mol. The molecule has 0 radical (unpaired) electrons. The number of hydrogen-bond acceptors (Lipinski definition) is 6. The van der Waals surface area contributed by atoms with E-state index in [4.69, 9.17) is 5.26 Å². The van der Waals surface area contributed by atoms with Gasteiger partial charge in [0, 0.05) is 24.8 Å². The molecule has 1 N–H and O–H groups in total. The van der Waals surface area contributed by atoms with E-state index >= 15 is 0 Å². The Bertz CT molecular complexity index is 794. The standard InChI is InChI=1S/C19H21N5OS/c1-14-6-8-24(9-7-14)17-10-19(22-13-21-17)26-12-18(25)23-16-4-2-15(11-20)3-5-16/h2-5,10,13-14H,6-9,12H2,1H3,(H,23,25). The Morgan fingerprint density at radius 2 is 2.04 bits per heavy atom. The third-order valence-corrected chi connectivity index (χ3v) is 5.31. The summed E-state index contributed by atoms with van der Waals surface area (Å²) < 4.78 is 0. The van der Waals surface area contributed by atoms with Crippen molar-refractivity contribution in [2.24, 2.45) is 5.92 Å². The number of amides is 1. The molecule has 26 heavy (non-hydrogen) atoms. The second-order valence-electron chi connectivity index (χ2n) is 6.41. The van der Waals surface area contributed by atoms with Gasteiger partial charge in [-0.2, -0.15) is 5.26 Å². The molecule has 1 aliphatic heterocycles. The van der Waals surface area contributed by atoms with Crippen LogP contribution in [0.1, 0.15) is 25.3 Å². The third-order valence-electron chi connectivity index (χ3n) is 4.38. The number of carbonyl (C=O) groups excluding carboxylic acids is 1. The smallest absolute Gasteiger partial charge is 0.234 e. The van der Waals surface area contributed by atoms with Crippen molar-refractivity contribution < 1.29 is 4.79 Å². The van der Waals surface area contributed by atoms with E-state index in [1.54, 1.807) is 30.6 Å². The summed E-state index contributed by atoms with van der Waals surface area (Å²) in [5.41, 5.74) is 1.25. The van der Waals surface area contributed by atoms with Gasteiger partial charge >= 0.3 is 0 Å². The highest BCUT2D eigenvalue weighted by Gasteiger charge is 2.17. The average Bonchev–Trinajstić information content (AvgIpc) is 2.68. The van der Waals surface area contributed by atoms with Gasteiger partial charge in [-0.25, -0.2) is 9.97 Å². The van der Waals surface area contributed by atoms with Gasteiger partial charge in [-0.05, 0) is 43.0 Å². The first-order valence-electron chi connectivity index (χ1n) is 8.64. The zero-order valence-corrected chi connectivity index (χ0v) is 15.5. The van der Waals surface area contributed by atoms with Gasteiger partial charge in [0.2, 0.25) is 5.91 Å². The van der Waals surface area contributed by atoms with Crippen LogP contribution in [0.2, 0.25) is 0 Å². The van der Waals surface area contributed by atoms with E-state index in [1.165, 1.54) is 24.6 Å². The maximum atomic E-state index is 12.1. The number of piperidine rings is 1. The molecule has 1 amide bonds. The molecule has 0 atom stereocenters. The van der Waals surface area contributed by atoms with E-state index in [2.05, 4.69) is 33.2 Å². The molecule has 1 fully saturated rings. The number of hydrogen-bond donors (Lipinski definition) is 1. The number of nitrogens with one attached hydrogen (secondary N) is 1. The highest BCUT2D eigenvalue weighted by molar-refractivity contribution is 7.99. The maximum absolute atomic E-state index is 12.1. The van der Waals surface area contributed by atoms with Crippen molar-refractivity contribution in [3.8, 4) is 6.07 Å². The van der Waals surface area contributed by atoms with Gasteiger partial charge in [-0.1, -0.05) is 18.7 Å². The summed E-state index contributed by atoms with van der Waals surface area (Å²) in [6.45, 7) is 4.31. The Morgan fingerprint density at radius 3 is 2.73 bits per heavy atom. The first-order chi connectivity index (χ1) is 12.6. The van der Waals surface area contributed by atoms with E-state index in [1.807, 2.05) is 6.07 Å². The normalized spacial score (nSPS) is 14.7. The number of nitriles is 1. The van der Waals surface area contributed by atoms with Crippen molar-refractivity contribution in [3.05, 3.63) is 42.2 Å². The van der Waals surface area contributed by atoms with Gasteiger partial charge in [0.05, 0.1) is 17.4 Å². The van der Waals surface area contributed by atoms with Crippen LogP contribution in [0, 0.1) is 17.2 Å². The summed E-state index contributed by atoms with van der Waals surface area (Å²) in [6.07, 6.45) is 3.92. The second kappa shape index (κ2) is 8.68. The van der Waals surface area contributed by atoms with Gasteiger partial charge in [0.1, 0.15) is 17.2 Å². The van der Waals surface area contributed by atoms with E-state index in [0.29, 0.717) is 11.3 Å². The van der Waals surface area contributed by atoms with E-state index in [9.17, 15) is 4.79 Å². The Kier molecular flexibility index (Phi) is 6.08. The fourth-order valence-electron chi connectivity index (χ4n) is 2.78. The summed E-state index contributed by atoms with van der Waals surface area (Å²) in [7, 11) is 0. The molecule has 2 heterocycles. The van der Waals surface area contributed by atoms with Crippen LogP contribution in [0.5, 0.6) is 0 Å². The summed E-state index contributed by atoms with van der Waals surface area (Å²) in [5, 5.41) is 12.4. The van der Waals surface area contributed by atoms with Crippen LogP contribution in [0.25, 0.3) is 0 Å². The molecule has 1 saturated heterocycles. The summed E-state index contributed by atoms with van der Waals surface area (Å²) in [4.78, 5) is 23.0. The minimum atomic E-state index is -0.105. The van der Waals surface area contributed by atoms with Crippen LogP contribution in [0.15, 0.2) is 41.7 Å². The predicted octanol–water partition coefficient (Wildman–Crippen LogP) is 3.32. The van der Waals surface area contributed by atoms with Crippen LogP contribution >= 0.6 is 11.8 Å². The lowest BCUT2D eigenvalue weighted by Crippen LogP contribution is -2.33. The summed E-state index contributed by atoms with van der Waals surface area (Å²) in [5.74, 6) is 1.87. The van der Waals surface area contributed by atoms with Crippen molar-refractivity contribution in [1.82, 2.24) is 9.97 Å². The molecular formula is C19H21N5OS. The van der Waals surface area contributed by atoms with Crippen molar-refractivity contribution in [3.63, 3.8) is 0 Å². The molecule has 0 saturated carbocycles. The number of thioether (sulfide) groups is 1. The number of rotatable bonds is 5. The molecule has 0 aliphatic carbocycles. The number of benzene rings is 1. The first-order valence-corrected chi connectivity index (χ1v) is 9.62. The quantitative estimate of drug-likeness (QED) is 0.645. The molecule has 1 aliphatic rings. The van der Waals surface area contributed by atoms with E-state index < -0.39 is 0 Å². The second-order valence-corrected chi connectivity index (χ2v) is 7.41. The van der Waals surface area contributed by atoms with Crippen LogP contribution in [-0.4, -0.2) is 34.7 Å².